The van der Waals surface area contributed by atoms with Crippen LogP contribution in [0.2, 0.25) is 0 Å². The summed E-state index contributed by atoms with van der Waals surface area (Å²) in [5.41, 5.74) is 0. The van der Waals surface area contributed by atoms with E-state index in [1.807, 2.05) is 0 Å². The van der Waals surface area contributed by atoms with Gasteiger partial charge in [-0.1, -0.05) is 19.3 Å². The van der Waals surface area contributed by atoms with E-state index in [1.54, 1.807) is 15.8 Å². The molecule has 17 heavy (non-hydrogen) atoms. The highest BCUT2D eigenvalue weighted by atomic mass is 79.9. The van der Waals surface area contributed by atoms with Gasteiger partial charge in [0.1, 0.15) is 4.21 Å². The number of hydrogen-bond acceptors (Lipinski definition) is 3. The van der Waals surface area contributed by atoms with Crippen molar-refractivity contribution in [3.63, 3.8) is 0 Å². The molecule has 2 rings (SSSR count). The van der Waals surface area contributed by atoms with Gasteiger partial charge in [-0.05, 0) is 40.2 Å². The van der Waals surface area contributed by atoms with Crippen LogP contribution in [0.15, 0.2) is 20.1 Å². The van der Waals surface area contributed by atoms with Gasteiger partial charge in [0.2, 0.25) is 0 Å². The molecule has 0 unspecified atom stereocenters. The summed E-state index contributed by atoms with van der Waals surface area (Å²) in [5, 5.41) is 1.81. The largest absolute Gasteiger partial charge is 0.253 e. The van der Waals surface area contributed by atoms with E-state index in [1.165, 1.54) is 17.8 Å². The first-order valence-corrected chi connectivity index (χ1v) is 8.97. The molecule has 0 saturated carbocycles. The molecule has 1 aliphatic heterocycles. The lowest BCUT2D eigenvalue weighted by molar-refractivity contribution is 0.365. The van der Waals surface area contributed by atoms with Crippen molar-refractivity contribution in [1.29, 1.82) is 0 Å². The van der Waals surface area contributed by atoms with Gasteiger partial charge < -0.3 is 0 Å². The number of thiophene rings is 1. The molecule has 2 heterocycles. The van der Waals surface area contributed by atoms with Crippen LogP contribution in [-0.2, 0) is 10.0 Å². The smallest absolute Gasteiger partial charge is 0.206 e. The SMILES string of the molecule is O=S(=O)(c1sccc1Br)N1CCCCCCC1. The number of nitrogens with zero attached hydrogens (tertiary/aromatic N) is 1. The minimum atomic E-state index is -3.28. The summed E-state index contributed by atoms with van der Waals surface area (Å²) in [5.74, 6) is 0. The second-order valence-corrected chi connectivity index (χ2v) is 8.13. The normalized spacial score (nSPS) is 19.8. The Bertz CT molecular complexity index is 462. The molecule has 1 aromatic heterocycles. The summed E-state index contributed by atoms with van der Waals surface area (Å²) in [6.07, 6.45) is 5.45. The summed E-state index contributed by atoms with van der Waals surface area (Å²) in [4.78, 5) is 0. The molecule has 0 aliphatic carbocycles. The van der Waals surface area contributed by atoms with Crippen LogP contribution in [0.5, 0.6) is 0 Å². The Labute approximate surface area is 115 Å². The van der Waals surface area contributed by atoms with Crippen LogP contribution in [-0.4, -0.2) is 25.8 Å². The van der Waals surface area contributed by atoms with Crippen LogP contribution in [0.1, 0.15) is 32.1 Å². The summed E-state index contributed by atoms with van der Waals surface area (Å²) in [7, 11) is -3.28. The third-order valence-corrected chi connectivity index (χ3v) is 7.52. The maximum absolute atomic E-state index is 12.4. The molecule has 0 atom stereocenters. The van der Waals surface area contributed by atoms with Gasteiger partial charge in [-0.2, -0.15) is 4.31 Å². The fourth-order valence-electron chi connectivity index (χ4n) is 2.04. The Morgan fingerprint density at radius 1 is 1.12 bits per heavy atom. The summed E-state index contributed by atoms with van der Waals surface area (Å²) in [6, 6.07) is 1.79. The van der Waals surface area contributed by atoms with Crippen LogP contribution < -0.4 is 0 Å². The first-order chi connectivity index (χ1) is 8.12. The monoisotopic (exact) mass is 337 g/mol. The lowest BCUT2D eigenvalue weighted by atomic mass is 10.1. The van der Waals surface area contributed by atoms with E-state index < -0.39 is 10.0 Å². The topological polar surface area (TPSA) is 37.4 Å². The maximum atomic E-state index is 12.4. The lowest BCUT2D eigenvalue weighted by Crippen LogP contribution is -2.33. The highest BCUT2D eigenvalue weighted by Gasteiger charge is 2.27. The second kappa shape index (κ2) is 5.82. The molecule has 0 radical (unpaired) electrons. The average molecular weight is 338 g/mol. The Morgan fingerprint density at radius 2 is 1.71 bits per heavy atom. The number of sulfonamides is 1. The van der Waals surface area contributed by atoms with E-state index in [4.69, 9.17) is 0 Å². The molecule has 3 nitrogen and oxygen atoms in total. The van der Waals surface area contributed by atoms with Gasteiger partial charge in [-0.15, -0.1) is 11.3 Å². The minimum Gasteiger partial charge on any atom is -0.206 e. The Hall–Kier alpha value is 0.0900. The summed E-state index contributed by atoms with van der Waals surface area (Å²) < 4.78 is 27.7. The molecule has 96 valence electrons. The van der Waals surface area contributed by atoms with Gasteiger partial charge in [0.25, 0.3) is 10.0 Å². The number of halogens is 1. The predicted octanol–water partition coefficient (Wildman–Crippen LogP) is 3.47. The molecule has 1 aromatic rings. The maximum Gasteiger partial charge on any atom is 0.253 e. The van der Waals surface area contributed by atoms with Gasteiger partial charge >= 0.3 is 0 Å². The van der Waals surface area contributed by atoms with Crippen molar-refractivity contribution in [3.05, 3.63) is 15.9 Å². The third-order valence-electron chi connectivity index (χ3n) is 2.97. The van der Waals surface area contributed by atoms with Crippen molar-refractivity contribution in [2.45, 2.75) is 36.3 Å². The fourth-order valence-corrected chi connectivity index (χ4v) is 6.01. The van der Waals surface area contributed by atoms with Crippen molar-refractivity contribution in [2.75, 3.05) is 13.1 Å². The van der Waals surface area contributed by atoms with Crippen molar-refractivity contribution in [1.82, 2.24) is 4.31 Å². The first kappa shape index (κ1) is 13.5. The summed E-state index contributed by atoms with van der Waals surface area (Å²) >= 11 is 4.59. The quantitative estimate of drug-likeness (QED) is 0.828. The van der Waals surface area contributed by atoms with Gasteiger partial charge in [0.15, 0.2) is 0 Å². The van der Waals surface area contributed by atoms with Gasteiger partial charge in [0, 0.05) is 17.6 Å². The van der Waals surface area contributed by atoms with Crippen LogP contribution in [0, 0.1) is 0 Å². The molecular formula is C11H16BrNO2S2. The Balaban J connectivity index is 2.22. The second-order valence-electron chi connectivity index (χ2n) is 4.23. The molecule has 1 fully saturated rings. The first-order valence-electron chi connectivity index (χ1n) is 5.85. The van der Waals surface area contributed by atoms with Gasteiger partial charge in [-0.3, -0.25) is 0 Å². The number of rotatable bonds is 2. The highest BCUT2D eigenvalue weighted by molar-refractivity contribution is 9.10. The third kappa shape index (κ3) is 3.10. The summed E-state index contributed by atoms with van der Waals surface area (Å²) in [6.45, 7) is 1.32. The lowest BCUT2D eigenvalue weighted by Gasteiger charge is -2.23. The molecule has 1 aliphatic rings. The minimum absolute atomic E-state index is 0.443. The molecule has 0 aromatic carbocycles. The molecule has 0 N–H and O–H groups in total. The standard InChI is InChI=1S/C11H16BrNO2S2/c12-10-6-9-16-11(10)17(14,15)13-7-4-2-1-3-5-8-13/h6,9H,1-5,7-8H2. The Morgan fingerprint density at radius 3 is 2.24 bits per heavy atom. The van der Waals surface area contributed by atoms with Crippen molar-refractivity contribution in [3.8, 4) is 0 Å². The molecule has 0 bridgehead atoms. The van der Waals surface area contributed by atoms with Crippen molar-refractivity contribution in [2.24, 2.45) is 0 Å². The molecule has 1 saturated heterocycles. The predicted molar refractivity (Wildman–Crippen MR) is 73.9 cm³/mol. The zero-order chi connectivity index (χ0) is 12.3. The van der Waals surface area contributed by atoms with Crippen LogP contribution >= 0.6 is 27.3 Å². The molecular weight excluding hydrogens is 322 g/mol. The zero-order valence-corrected chi connectivity index (χ0v) is 12.8. The van der Waals surface area contributed by atoms with Crippen LogP contribution in [0.25, 0.3) is 0 Å². The van der Waals surface area contributed by atoms with Gasteiger partial charge in [-0.25, -0.2) is 8.42 Å². The van der Waals surface area contributed by atoms with Crippen molar-refractivity contribution >= 4 is 37.3 Å². The fraction of sp³-hybridized carbons (Fsp3) is 0.636. The van der Waals surface area contributed by atoms with E-state index in [9.17, 15) is 8.42 Å². The van der Waals surface area contributed by atoms with Gasteiger partial charge in [0.05, 0.1) is 0 Å². The molecule has 0 amide bonds. The van der Waals surface area contributed by atoms with E-state index >= 15 is 0 Å². The van der Waals surface area contributed by atoms with E-state index in [2.05, 4.69) is 15.9 Å². The van der Waals surface area contributed by atoms with E-state index in [-0.39, 0.29) is 0 Å². The van der Waals surface area contributed by atoms with Crippen LogP contribution in [0.4, 0.5) is 0 Å². The molecule has 0 spiro atoms. The van der Waals surface area contributed by atoms with E-state index in [0.717, 1.165) is 25.7 Å². The zero-order valence-electron chi connectivity index (χ0n) is 9.56. The highest BCUT2D eigenvalue weighted by Crippen LogP contribution is 2.31. The Kier molecular flexibility index (Phi) is 4.63. The number of hydrogen-bond donors (Lipinski definition) is 0. The van der Waals surface area contributed by atoms with Crippen molar-refractivity contribution < 1.29 is 8.42 Å². The van der Waals surface area contributed by atoms with Crippen LogP contribution in [0.3, 0.4) is 0 Å². The molecule has 6 heteroatoms. The van der Waals surface area contributed by atoms with E-state index in [0.29, 0.717) is 21.8 Å². The average Bonchev–Trinajstić information content (AvgIpc) is 2.63.